The van der Waals surface area contributed by atoms with Crippen molar-refractivity contribution in [1.29, 1.82) is 0 Å². The van der Waals surface area contributed by atoms with Crippen LogP contribution in [0.1, 0.15) is 45.6 Å². The third kappa shape index (κ3) is 5.63. The molecule has 0 aliphatic rings. The Morgan fingerprint density at radius 2 is 2.05 bits per heavy atom. The summed E-state index contributed by atoms with van der Waals surface area (Å²) in [5, 5.41) is 3.96. The van der Waals surface area contributed by atoms with Gasteiger partial charge in [0.15, 0.2) is 0 Å². The molecular formula is C15H27ClN4. The van der Waals surface area contributed by atoms with Crippen LogP contribution >= 0.6 is 11.6 Å². The number of nitrogens with one attached hydrogen (secondary N) is 1. The Bertz CT molecular complexity index is 395. The first-order valence-corrected chi connectivity index (χ1v) is 7.87. The standard InChI is InChI=1S/C15H27ClN4/c1-5-8-13-14(16)18-11-19-15(13)17-9-6-7-10-20(4)12(2)3/h11-12H,5-10H2,1-4H3,(H,17,18,19). The summed E-state index contributed by atoms with van der Waals surface area (Å²) in [6.07, 6.45) is 5.79. The van der Waals surface area contributed by atoms with Gasteiger partial charge in [0.1, 0.15) is 17.3 Å². The van der Waals surface area contributed by atoms with Gasteiger partial charge in [-0.25, -0.2) is 9.97 Å². The van der Waals surface area contributed by atoms with Gasteiger partial charge in [-0.1, -0.05) is 24.9 Å². The number of halogens is 1. The molecule has 20 heavy (non-hydrogen) atoms. The van der Waals surface area contributed by atoms with Crippen LogP contribution < -0.4 is 5.32 Å². The Hall–Kier alpha value is -0.870. The first-order chi connectivity index (χ1) is 9.56. The normalized spacial score (nSPS) is 11.3. The van der Waals surface area contributed by atoms with Crippen molar-refractivity contribution in [2.45, 2.75) is 52.5 Å². The SMILES string of the molecule is CCCc1c(Cl)ncnc1NCCCCN(C)C(C)C. The molecular weight excluding hydrogens is 272 g/mol. The third-order valence-corrected chi connectivity index (χ3v) is 3.83. The molecule has 114 valence electrons. The Kier molecular flexibility index (Phi) is 7.85. The smallest absolute Gasteiger partial charge is 0.137 e. The van der Waals surface area contributed by atoms with Gasteiger partial charge in [-0.3, -0.25) is 0 Å². The molecule has 0 unspecified atom stereocenters. The molecule has 4 nitrogen and oxygen atoms in total. The number of nitrogens with zero attached hydrogens (tertiary/aromatic N) is 3. The van der Waals surface area contributed by atoms with Crippen LogP contribution in [0.5, 0.6) is 0 Å². The Labute approximate surface area is 127 Å². The fourth-order valence-electron chi connectivity index (χ4n) is 1.97. The van der Waals surface area contributed by atoms with Crippen LogP contribution in [0, 0.1) is 0 Å². The number of hydrogen-bond acceptors (Lipinski definition) is 4. The number of aromatic nitrogens is 2. The van der Waals surface area contributed by atoms with E-state index in [1.165, 1.54) is 12.7 Å². The summed E-state index contributed by atoms with van der Waals surface area (Å²) in [6, 6.07) is 0.611. The molecule has 0 fully saturated rings. The third-order valence-electron chi connectivity index (χ3n) is 3.50. The van der Waals surface area contributed by atoms with Gasteiger partial charge in [-0.15, -0.1) is 0 Å². The predicted molar refractivity (Wildman–Crippen MR) is 86.5 cm³/mol. The highest BCUT2D eigenvalue weighted by Gasteiger charge is 2.08. The van der Waals surface area contributed by atoms with Gasteiger partial charge >= 0.3 is 0 Å². The van der Waals surface area contributed by atoms with Gasteiger partial charge in [0.05, 0.1) is 0 Å². The molecule has 0 aliphatic carbocycles. The minimum absolute atomic E-state index is 0.573. The molecule has 0 saturated carbocycles. The summed E-state index contributed by atoms with van der Waals surface area (Å²) in [5.41, 5.74) is 1.04. The maximum atomic E-state index is 6.13. The molecule has 1 aromatic rings. The second-order valence-corrected chi connectivity index (χ2v) is 5.81. The Morgan fingerprint density at radius 1 is 1.30 bits per heavy atom. The fourth-order valence-corrected chi connectivity index (χ4v) is 2.19. The van der Waals surface area contributed by atoms with Gasteiger partial charge < -0.3 is 10.2 Å². The lowest BCUT2D eigenvalue weighted by atomic mass is 10.2. The zero-order valence-corrected chi connectivity index (χ0v) is 13.9. The van der Waals surface area contributed by atoms with Crippen molar-refractivity contribution < 1.29 is 0 Å². The van der Waals surface area contributed by atoms with E-state index in [2.05, 4.69) is 48.0 Å². The number of unbranched alkanes of at least 4 members (excludes halogenated alkanes) is 1. The first-order valence-electron chi connectivity index (χ1n) is 7.49. The van der Waals surface area contributed by atoms with Crippen LogP contribution in [0.4, 0.5) is 5.82 Å². The van der Waals surface area contributed by atoms with Crippen molar-refractivity contribution in [1.82, 2.24) is 14.9 Å². The van der Waals surface area contributed by atoms with Crippen LogP contribution in [-0.4, -0.2) is 41.0 Å². The highest BCUT2D eigenvalue weighted by atomic mass is 35.5. The van der Waals surface area contributed by atoms with E-state index in [0.29, 0.717) is 11.2 Å². The molecule has 0 atom stereocenters. The lowest BCUT2D eigenvalue weighted by Crippen LogP contribution is -2.27. The van der Waals surface area contributed by atoms with Crippen LogP contribution in [-0.2, 0) is 6.42 Å². The molecule has 0 spiro atoms. The monoisotopic (exact) mass is 298 g/mol. The number of anilines is 1. The van der Waals surface area contributed by atoms with Crippen LogP contribution in [0.2, 0.25) is 5.15 Å². The van der Waals surface area contributed by atoms with E-state index in [-0.39, 0.29) is 0 Å². The zero-order valence-electron chi connectivity index (χ0n) is 13.1. The van der Waals surface area contributed by atoms with Crippen molar-refractivity contribution >= 4 is 17.4 Å². The van der Waals surface area contributed by atoms with E-state index >= 15 is 0 Å². The van der Waals surface area contributed by atoms with E-state index in [0.717, 1.165) is 43.7 Å². The molecule has 1 heterocycles. The van der Waals surface area contributed by atoms with E-state index in [4.69, 9.17) is 11.6 Å². The highest BCUT2D eigenvalue weighted by molar-refractivity contribution is 6.30. The molecule has 1 N–H and O–H groups in total. The van der Waals surface area contributed by atoms with Crippen molar-refractivity contribution in [2.24, 2.45) is 0 Å². The number of rotatable bonds is 9. The molecule has 0 saturated heterocycles. The van der Waals surface area contributed by atoms with Crippen LogP contribution in [0.25, 0.3) is 0 Å². The second kappa shape index (κ2) is 9.14. The first kappa shape index (κ1) is 17.2. The van der Waals surface area contributed by atoms with E-state index < -0.39 is 0 Å². The van der Waals surface area contributed by atoms with Gasteiger partial charge in [0.25, 0.3) is 0 Å². The summed E-state index contributed by atoms with van der Waals surface area (Å²) in [4.78, 5) is 10.7. The van der Waals surface area contributed by atoms with E-state index in [1.54, 1.807) is 0 Å². The molecule has 0 amide bonds. The van der Waals surface area contributed by atoms with Crippen molar-refractivity contribution in [3.05, 3.63) is 17.0 Å². The summed E-state index contributed by atoms with van der Waals surface area (Å²) < 4.78 is 0. The van der Waals surface area contributed by atoms with Gasteiger partial charge in [-0.05, 0) is 46.7 Å². The maximum absolute atomic E-state index is 6.13. The average Bonchev–Trinajstić information content (AvgIpc) is 2.41. The fraction of sp³-hybridized carbons (Fsp3) is 0.733. The number of hydrogen-bond donors (Lipinski definition) is 1. The lowest BCUT2D eigenvalue weighted by Gasteiger charge is -2.20. The summed E-state index contributed by atoms with van der Waals surface area (Å²) >= 11 is 6.13. The minimum atomic E-state index is 0.573. The van der Waals surface area contributed by atoms with Crippen LogP contribution in [0.15, 0.2) is 6.33 Å². The molecule has 0 radical (unpaired) electrons. The quantitative estimate of drug-likeness (QED) is 0.558. The molecule has 5 heteroatoms. The molecule has 0 bridgehead atoms. The van der Waals surface area contributed by atoms with E-state index in [1.807, 2.05) is 0 Å². The van der Waals surface area contributed by atoms with Crippen molar-refractivity contribution in [3.63, 3.8) is 0 Å². The van der Waals surface area contributed by atoms with Gasteiger partial charge in [0, 0.05) is 18.2 Å². The van der Waals surface area contributed by atoms with Crippen molar-refractivity contribution in [3.8, 4) is 0 Å². The maximum Gasteiger partial charge on any atom is 0.137 e. The topological polar surface area (TPSA) is 41.1 Å². The van der Waals surface area contributed by atoms with Gasteiger partial charge in [0.2, 0.25) is 0 Å². The average molecular weight is 299 g/mol. The van der Waals surface area contributed by atoms with E-state index in [9.17, 15) is 0 Å². The molecule has 0 aromatic carbocycles. The second-order valence-electron chi connectivity index (χ2n) is 5.45. The zero-order chi connectivity index (χ0) is 15.0. The van der Waals surface area contributed by atoms with Gasteiger partial charge in [-0.2, -0.15) is 0 Å². The van der Waals surface area contributed by atoms with Crippen molar-refractivity contribution in [2.75, 3.05) is 25.5 Å². The molecule has 1 aromatic heterocycles. The Balaban J connectivity index is 2.37. The molecule has 0 aliphatic heterocycles. The minimum Gasteiger partial charge on any atom is -0.370 e. The summed E-state index contributed by atoms with van der Waals surface area (Å²) in [6.45, 7) is 8.63. The molecule has 1 rings (SSSR count). The van der Waals surface area contributed by atoms with Crippen LogP contribution in [0.3, 0.4) is 0 Å². The summed E-state index contributed by atoms with van der Waals surface area (Å²) in [7, 11) is 2.17. The Morgan fingerprint density at radius 3 is 2.70 bits per heavy atom. The highest BCUT2D eigenvalue weighted by Crippen LogP contribution is 2.21. The largest absolute Gasteiger partial charge is 0.370 e. The predicted octanol–water partition coefficient (Wildman–Crippen LogP) is 3.61. The lowest BCUT2D eigenvalue weighted by molar-refractivity contribution is 0.269. The summed E-state index contributed by atoms with van der Waals surface area (Å²) in [5.74, 6) is 0.893.